The minimum absolute atomic E-state index is 0.158. The van der Waals surface area contributed by atoms with Crippen LogP contribution >= 0.6 is 0 Å². The fourth-order valence-electron chi connectivity index (χ4n) is 3.18. The van der Waals surface area contributed by atoms with Crippen molar-refractivity contribution >= 4 is 33.8 Å². The predicted molar refractivity (Wildman–Crippen MR) is 128 cm³/mol. The Bertz CT molecular complexity index is 441. The zero-order valence-electron chi connectivity index (χ0n) is 20.2. The van der Waals surface area contributed by atoms with Gasteiger partial charge in [-0.25, -0.2) is 0 Å². The van der Waals surface area contributed by atoms with Crippen molar-refractivity contribution in [3.05, 3.63) is 0 Å². The van der Waals surface area contributed by atoms with Crippen LogP contribution in [0.5, 0.6) is 0 Å². The SMILES string of the molecule is C[Si](C)(C)O[Si](C)(C)O[Si](C)(CCCOCCCOCC(O)CO)O[Si](C)(C)C. The monoisotopic (exact) mass is 486 g/mol. The van der Waals surface area contributed by atoms with Gasteiger partial charge >= 0.3 is 17.1 Å². The molecule has 0 saturated heterocycles. The fraction of sp³-hybridized carbons (Fsp3) is 1.00. The summed E-state index contributed by atoms with van der Waals surface area (Å²) in [5.41, 5.74) is 0. The molecule has 0 radical (unpaired) electrons. The molecule has 0 spiro atoms. The second-order valence-electron chi connectivity index (χ2n) is 10.0. The maximum absolute atomic E-state index is 9.20. The van der Waals surface area contributed by atoms with Gasteiger partial charge in [0.05, 0.1) is 13.2 Å². The van der Waals surface area contributed by atoms with Crippen molar-refractivity contribution in [2.24, 2.45) is 0 Å². The van der Waals surface area contributed by atoms with Crippen LogP contribution in [0.1, 0.15) is 12.8 Å². The second kappa shape index (κ2) is 13.2. The Labute approximate surface area is 182 Å². The highest BCUT2D eigenvalue weighted by atomic mass is 28.5. The van der Waals surface area contributed by atoms with Gasteiger partial charge in [-0.3, -0.25) is 0 Å². The Balaban J connectivity index is 4.40. The van der Waals surface area contributed by atoms with Crippen molar-refractivity contribution in [1.82, 2.24) is 0 Å². The van der Waals surface area contributed by atoms with Crippen LogP contribution in [0.25, 0.3) is 0 Å². The maximum atomic E-state index is 9.20. The van der Waals surface area contributed by atoms with E-state index in [-0.39, 0.29) is 13.2 Å². The molecule has 0 aromatic rings. The summed E-state index contributed by atoms with van der Waals surface area (Å²) in [5, 5.41) is 17.9. The summed E-state index contributed by atoms with van der Waals surface area (Å²) >= 11 is 0. The minimum atomic E-state index is -2.35. The number of rotatable bonds is 17. The molecular weight excluding hydrogens is 441 g/mol. The molecule has 0 aliphatic carbocycles. The highest BCUT2D eigenvalue weighted by molar-refractivity contribution is 6.89. The van der Waals surface area contributed by atoms with Crippen molar-refractivity contribution < 1.29 is 32.0 Å². The highest BCUT2D eigenvalue weighted by Gasteiger charge is 2.44. The molecule has 0 amide bonds. The smallest absolute Gasteiger partial charge is 0.315 e. The average molecular weight is 487 g/mol. The van der Waals surface area contributed by atoms with E-state index in [4.69, 9.17) is 26.9 Å². The fourth-order valence-corrected chi connectivity index (χ4v) is 21.1. The lowest BCUT2D eigenvalue weighted by Gasteiger charge is -2.41. The van der Waals surface area contributed by atoms with Crippen molar-refractivity contribution in [2.45, 2.75) is 83.9 Å². The summed E-state index contributed by atoms with van der Waals surface area (Å²) < 4.78 is 30.6. The highest BCUT2D eigenvalue weighted by Crippen LogP contribution is 2.27. The van der Waals surface area contributed by atoms with Gasteiger partial charge in [-0.2, -0.15) is 0 Å². The molecule has 0 aliphatic rings. The number of hydrogen-bond acceptors (Lipinski definition) is 7. The van der Waals surface area contributed by atoms with Gasteiger partial charge in [-0.1, -0.05) is 0 Å². The van der Waals surface area contributed by atoms with E-state index in [1.807, 2.05) is 0 Å². The second-order valence-corrected chi connectivity index (χ2v) is 26.5. The first-order chi connectivity index (χ1) is 13.1. The van der Waals surface area contributed by atoms with Crippen LogP contribution in [0.15, 0.2) is 0 Å². The average Bonchev–Trinajstić information content (AvgIpc) is 2.47. The molecule has 0 heterocycles. The lowest BCUT2D eigenvalue weighted by atomic mass is 10.4. The van der Waals surface area contributed by atoms with Crippen LogP contribution in [0, 0.1) is 0 Å². The van der Waals surface area contributed by atoms with Crippen molar-refractivity contribution in [1.29, 1.82) is 0 Å². The van der Waals surface area contributed by atoms with Crippen molar-refractivity contribution in [3.8, 4) is 0 Å². The molecule has 7 nitrogen and oxygen atoms in total. The molecule has 2 unspecified atom stereocenters. The zero-order chi connectivity index (χ0) is 22.8. The van der Waals surface area contributed by atoms with Crippen LogP contribution in [-0.4, -0.2) is 83.1 Å². The number of hydrogen-bond donors (Lipinski definition) is 2. The predicted octanol–water partition coefficient (Wildman–Crippen LogP) is 3.65. The normalized spacial score (nSPS) is 16.7. The summed E-state index contributed by atoms with van der Waals surface area (Å²) in [6.07, 6.45) is 0.857. The van der Waals surface area contributed by atoms with E-state index in [0.29, 0.717) is 19.8 Å². The summed E-state index contributed by atoms with van der Waals surface area (Å²) in [5.74, 6) is 0. The summed E-state index contributed by atoms with van der Waals surface area (Å²) in [4.78, 5) is 0. The third-order valence-electron chi connectivity index (χ3n) is 3.55. The first kappa shape index (κ1) is 29.6. The molecule has 29 heavy (non-hydrogen) atoms. The van der Waals surface area contributed by atoms with Gasteiger partial charge in [0.15, 0.2) is 16.6 Å². The molecule has 11 heteroatoms. The lowest BCUT2D eigenvalue weighted by Crippen LogP contribution is -2.56. The van der Waals surface area contributed by atoms with Gasteiger partial charge in [-0.05, 0) is 77.8 Å². The quantitative estimate of drug-likeness (QED) is 0.240. The van der Waals surface area contributed by atoms with Crippen molar-refractivity contribution in [2.75, 3.05) is 33.0 Å². The van der Waals surface area contributed by atoms with Gasteiger partial charge in [0.2, 0.25) is 0 Å². The molecule has 2 N–H and O–H groups in total. The van der Waals surface area contributed by atoms with Gasteiger partial charge < -0.3 is 32.0 Å². The molecule has 0 fully saturated rings. The van der Waals surface area contributed by atoms with Gasteiger partial charge in [0.25, 0.3) is 0 Å². The number of aliphatic hydroxyl groups is 2. The standard InChI is InChI=1S/C18H46O7Si4/c1-26(2,3)23-28(7,8)25-29(9,24-27(4,5)6)15-11-14-21-12-10-13-22-17-18(20)16-19/h18-20H,10-17H2,1-9H3. The zero-order valence-corrected chi connectivity index (χ0v) is 24.2. The van der Waals surface area contributed by atoms with E-state index in [2.05, 4.69) is 58.9 Å². The van der Waals surface area contributed by atoms with Gasteiger partial charge in [-0.15, -0.1) is 0 Å². The summed E-state index contributed by atoms with van der Waals surface area (Å²) in [6.45, 7) is 21.3. The Morgan fingerprint density at radius 3 is 1.72 bits per heavy atom. The molecular formula is C18H46O7Si4. The van der Waals surface area contributed by atoms with E-state index in [0.717, 1.165) is 18.9 Å². The Morgan fingerprint density at radius 2 is 1.21 bits per heavy atom. The Kier molecular flexibility index (Phi) is 13.5. The van der Waals surface area contributed by atoms with E-state index in [9.17, 15) is 5.11 Å². The van der Waals surface area contributed by atoms with Crippen LogP contribution in [0.3, 0.4) is 0 Å². The first-order valence-corrected chi connectivity index (χ1v) is 22.8. The molecule has 0 saturated carbocycles. The first-order valence-electron chi connectivity index (χ1n) is 10.6. The third-order valence-corrected chi connectivity index (χ3v) is 17.1. The molecule has 176 valence electrons. The minimum Gasteiger partial charge on any atom is -0.437 e. The van der Waals surface area contributed by atoms with Gasteiger partial charge in [0.1, 0.15) is 6.10 Å². The molecule has 0 aliphatic heterocycles. The lowest BCUT2D eigenvalue weighted by molar-refractivity contribution is -0.000418. The van der Waals surface area contributed by atoms with E-state index >= 15 is 0 Å². The maximum Gasteiger partial charge on any atom is 0.315 e. The molecule has 0 bridgehead atoms. The number of aliphatic hydroxyl groups excluding tert-OH is 2. The Morgan fingerprint density at radius 1 is 0.690 bits per heavy atom. The largest absolute Gasteiger partial charge is 0.437 e. The Hall–Kier alpha value is 0.588. The van der Waals surface area contributed by atoms with Crippen molar-refractivity contribution in [3.63, 3.8) is 0 Å². The molecule has 2 atom stereocenters. The van der Waals surface area contributed by atoms with Crippen LogP contribution in [0.4, 0.5) is 0 Å². The van der Waals surface area contributed by atoms with Crippen LogP contribution in [0.2, 0.25) is 65.0 Å². The van der Waals surface area contributed by atoms with E-state index in [1.54, 1.807) is 0 Å². The summed E-state index contributed by atoms with van der Waals surface area (Å²) in [6, 6.07) is 0.891. The third kappa shape index (κ3) is 17.9. The molecule has 0 aromatic heterocycles. The number of ether oxygens (including phenoxy) is 2. The van der Waals surface area contributed by atoms with Crippen LogP contribution in [-0.2, 0) is 21.8 Å². The van der Waals surface area contributed by atoms with Gasteiger partial charge in [0, 0.05) is 19.8 Å². The van der Waals surface area contributed by atoms with Crippen LogP contribution < -0.4 is 0 Å². The topological polar surface area (TPSA) is 86.6 Å². The molecule has 0 rings (SSSR count). The summed E-state index contributed by atoms with van der Waals surface area (Å²) in [7, 11) is -8.01. The molecule has 0 aromatic carbocycles. The van der Waals surface area contributed by atoms with E-state index in [1.165, 1.54) is 0 Å². The van der Waals surface area contributed by atoms with E-state index < -0.39 is 39.9 Å².